The third-order valence-corrected chi connectivity index (χ3v) is 13.5. The number of rotatable bonds is 5. The topological polar surface area (TPSA) is 0 Å². The van der Waals surface area contributed by atoms with Crippen LogP contribution in [0.5, 0.6) is 0 Å². The lowest BCUT2D eigenvalue weighted by Crippen LogP contribution is -2.15. The Morgan fingerprint density at radius 1 is 0.246 bits per heavy atom. The van der Waals surface area contributed by atoms with E-state index in [1.165, 1.54) is 121 Å². The fourth-order valence-electron chi connectivity index (χ4n) is 10.4. The van der Waals surface area contributed by atoms with Gasteiger partial charge < -0.3 is 0 Å². The predicted molar refractivity (Wildman–Crippen MR) is 261 cm³/mol. The zero-order valence-electron chi connectivity index (χ0n) is 34.3. The Kier molecular flexibility index (Phi) is 7.99. The van der Waals surface area contributed by atoms with E-state index in [0.717, 1.165) is 0 Å². The molecule has 0 spiro atoms. The monoisotopic (exact) mass is 774 g/mol. The molecule has 0 saturated carbocycles. The molecule has 0 atom stereocenters. The molecule has 0 nitrogen and oxygen atoms in total. The molecule has 11 aromatic carbocycles. The summed E-state index contributed by atoms with van der Waals surface area (Å²) in [5.74, 6) is 0. The summed E-state index contributed by atoms with van der Waals surface area (Å²) in [4.78, 5) is 0. The van der Waals surface area contributed by atoms with Gasteiger partial charge >= 0.3 is 0 Å². The van der Waals surface area contributed by atoms with Crippen molar-refractivity contribution in [2.24, 2.45) is 0 Å². The minimum Gasteiger partial charge on any atom is -0.0622 e. The van der Waals surface area contributed by atoms with E-state index in [1.54, 1.807) is 0 Å². The van der Waals surface area contributed by atoms with Gasteiger partial charge in [-0.25, -0.2) is 0 Å². The van der Waals surface area contributed by atoms with E-state index in [1.807, 2.05) is 0 Å². The van der Waals surface area contributed by atoms with Crippen molar-refractivity contribution < 1.29 is 0 Å². The number of benzene rings is 11. The second-order valence-electron chi connectivity index (χ2n) is 17.2. The van der Waals surface area contributed by atoms with Gasteiger partial charge in [0.25, 0.3) is 0 Å². The maximum atomic E-state index is 2.44. The molecule has 61 heavy (non-hydrogen) atoms. The highest BCUT2D eigenvalue weighted by molar-refractivity contribution is 6.21. The van der Waals surface area contributed by atoms with Crippen LogP contribution in [0.1, 0.15) is 25.0 Å². The van der Waals surface area contributed by atoms with E-state index in [-0.39, 0.29) is 5.41 Å². The summed E-state index contributed by atoms with van der Waals surface area (Å²) in [6.45, 7) is 4.77. The Hall–Kier alpha value is -7.54. The highest BCUT2D eigenvalue weighted by Crippen LogP contribution is 2.51. The minimum absolute atomic E-state index is 0.140. The fourth-order valence-corrected chi connectivity index (χ4v) is 10.4. The van der Waals surface area contributed by atoms with Crippen LogP contribution < -0.4 is 0 Å². The normalized spacial score (nSPS) is 12.9. The van der Waals surface area contributed by atoms with Crippen molar-refractivity contribution in [1.29, 1.82) is 0 Å². The third-order valence-electron chi connectivity index (χ3n) is 13.5. The molecule has 0 unspecified atom stereocenters. The second-order valence-corrected chi connectivity index (χ2v) is 17.2. The number of fused-ring (bicyclic) bond motifs is 8. The molecule has 0 fully saturated rings. The van der Waals surface area contributed by atoms with Crippen molar-refractivity contribution >= 4 is 43.1 Å². The van der Waals surface area contributed by atoms with Crippen molar-refractivity contribution in [3.8, 4) is 66.8 Å². The van der Waals surface area contributed by atoms with Gasteiger partial charge in [-0.2, -0.15) is 0 Å². The van der Waals surface area contributed by atoms with Crippen LogP contribution >= 0.6 is 0 Å². The molecule has 0 N–H and O–H groups in total. The van der Waals surface area contributed by atoms with Crippen LogP contribution in [-0.4, -0.2) is 0 Å². The van der Waals surface area contributed by atoms with E-state index in [4.69, 9.17) is 0 Å². The maximum absolute atomic E-state index is 2.44. The molecule has 0 aliphatic heterocycles. The van der Waals surface area contributed by atoms with E-state index < -0.39 is 0 Å². The van der Waals surface area contributed by atoms with Crippen LogP contribution in [-0.2, 0) is 5.41 Å². The van der Waals surface area contributed by atoms with Gasteiger partial charge in [0.2, 0.25) is 0 Å². The first-order valence-corrected chi connectivity index (χ1v) is 21.4. The summed E-state index contributed by atoms with van der Waals surface area (Å²) < 4.78 is 0. The average Bonchev–Trinajstić information content (AvgIpc) is 3.55. The van der Waals surface area contributed by atoms with E-state index in [0.29, 0.717) is 0 Å². The van der Waals surface area contributed by atoms with Gasteiger partial charge in [-0.3, -0.25) is 0 Å². The Balaban J connectivity index is 0.872. The van der Waals surface area contributed by atoms with Crippen LogP contribution in [0.3, 0.4) is 0 Å². The zero-order valence-corrected chi connectivity index (χ0v) is 34.3. The molecule has 0 heterocycles. The highest BCUT2D eigenvalue weighted by atomic mass is 14.4. The van der Waals surface area contributed by atoms with Crippen molar-refractivity contribution in [2.45, 2.75) is 19.3 Å². The molecule has 0 bridgehead atoms. The molecule has 0 amide bonds. The lowest BCUT2D eigenvalue weighted by molar-refractivity contribution is 0.661. The van der Waals surface area contributed by atoms with Crippen molar-refractivity contribution in [3.05, 3.63) is 230 Å². The molecule has 12 rings (SSSR count). The molecular weight excluding hydrogens is 733 g/mol. The largest absolute Gasteiger partial charge is 0.0622 e. The Morgan fingerprint density at radius 3 is 1.15 bits per heavy atom. The minimum atomic E-state index is -0.140. The summed E-state index contributed by atoms with van der Waals surface area (Å²) in [5.41, 5.74) is 17.8. The van der Waals surface area contributed by atoms with Gasteiger partial charge in [-0.15, -0.1) is 0 Å². The molecule has 0 aromatic heterocycles. The molecule has 286 valence electrons. The van der Waals surface area contributed by atoms with Crippen molar-refractivity contribution in [3.63, 3.8) is 0 Å². The molecular formula is C61H42. The van der Waals surface area contributed by atoms with Crippen molar-refractivity contribution in [2.75, 3.05) is 0 Å². The Bertz CT molecular complexity index is 3460. The smallest absolute Gasteiger partial charge is 0.0159 e. The SMILES string of the molecule is CC1(C)c2cc(-c3ccc(-c4c5ccccc5c(-c5ccccc5)c5ccccc45)cc3)ccc2-c2ccc(-c3ccc(-c4cc5ccccc5c5ccccc45)cc3)cc21. The lowest BCUT2D eigenvalue weighted by Gasteiger charge is -2.23. The maximum Gasteiger partial charge on any atom is 0.0159 e. The Labute approximate surface area is 357 Å². The standard InChI is InChI=1S/C61H42/c1-61(2)57-37-44(39-24-28-41(29-25-39)56-36-46-16-6-7-17-47(46)48-18-8-9-19-49(48)56)32-34-50(57)51-35-33-45(38-58(51)61)40-26-30-43(31-27-40)60-54-22-12-10-20-52(54)59(42-14-4-3-5-15-42)53-21-11-13-23-55(53)60/h3-38H,1-2H3. The summed E-state index contributed by atoms with van der Waals surface area (Å²) in [7, 11) is 0. The van der Waals surface area contributed by atoms with Gasteiger partial charge in [-0.1, -0.05) is 214 Å². The van der Waals surface area contributed by atoms with E-state index >= 15 is 0 Å². The molecule has 1 aliphatic carbocycles. The van der Waals surface area contributed by atoms with Gasteiger partial charge in [0.05, 0.1) is 0 Å². The summed E-state index contributed by atoms with van der Waals surface area (Å²) in [5, 5.41) is 10.3. The Morgan fingerprint density at radius 2 is 0.623 bits per heavy atom. The van der Waals surface area contributed by atoms with E-state index in [2.05, 4.69) is 232 Å². The number of hydrogen-bond donors (Lipinski definition) is 0. The second kappa shape index (κ2) is 13.8. The predicted octanol–water partition coefficient (Wildman–Crippen LogP) is 16.9. The van der Waals surface area contributed by atoms with Crippen LogP contribution in [0, 0.1) is 0 Å². The van der Waals surface area contributed by atoms with Crippen LogP contribution in [0.4, 0.5) is 0 Å². The first kappa shape index (κ1) is 35.4. The highest BCUT2D eigenvalue weighted by Gasteiger charge is 2.36. The molecule has 11 aromatic rings. The van der Waals surface area contributed by atoms with Crippen LogP contribution in [0.25, 0.3) is 110 Å². The lowest BCUT2D eigenvalue weighted by atomic mass is 9.80. The first-order valence-electron chi connectivity index (χ1n) is 21.4. The molecule has 0 heteroatoms. The average molecular weight is 775 g/mol. The van der Waals surface area contributed by atoms with Crippen molar-refractivity contribution in [1.82, 2.24) is 0 Å². The molecule has 0 saturated heterocycles. The third kappa shape index (κ3) is 5.60. The quantitative estimate of drug-likeness (QED) is 0.121. The molecule has 0 radical (unpaired) electrons. The zero-order chi connectivity index (χ0) is 40.7. The van der Waals surface area contributed by atoms with Gasteiger partial charge in [-0.05, 0) is 139 Å². The van der Waals surface area contributed by atoms with Gasteiger partial charge in [0.1, 0.15) is 0 Å². The first-order chi connectivity index (χ1) is 30.0. The van der Waals surface area contributed by atoms with Crippen LogP contribution in [0.15, 0.2) is 218 Å². The fraction of sp³-hybridized carbons (Fsp3) is 0.0492. The van der Waals surface area contributed by atoms with Crippen LogP contribution in [0.2, 0.25) is 0 Å². The van der Waals surface area contributed by atoms with Gasteiger partial charge in [0.15, 0.2) is 0 Å². The summed E-state index contributed by atoms with van der Waals surface area (Å²) in [6.07, 6.45) is 0. The number of hydrogen-bond acceptors (Lipinski definition) is 0. The summed E-state index contributed by atoms with van der Waals surface area (Å²) >= 11 is 0. The van der Waals surface area contributed by atoms with Gasteiger partial charge in [0, 0.05) is 5.41 Å². The van der Waals surface area contributed by atoms with E-state index in [9.17, 15) is 0 Å². The molecule has 1 aliphatic rings. The summed E-state index contributed by atoms with van der Waals surface area (Å²) in [6, 6.07) is 81.0.